The Balaban J connectivity index is 2.25. The van der Waals surface area contributed by atoms with Gasteiger partial charge in [-0.15, -0.1) is 0 Å². The van der Waals surface area contributed by atoms with Crippen LogP contribution in [0.2, 0.25) is 5.02 Å². The molecule has 1 atom stereocenters. The summed E-state index contributed by atoms with van der Waals surface area (Å²) in [4.78, 5) is 0. The largest absolute Gasteiger partial charge is 0.310 e. The molecule has 1 nitrogen and oxygen atoms in total. The fraction of sp³-hybridized carbons (Fsp3) is 0.333. The quantitative estimate of drug-likeness (QED) is 0.613. The Bertz CT molecular complexity index is 580. The van der Waals surface area contributed by atoms with E-state index in [4.69, 9.17) is 11.6 Å². The third-order valence-corrected chi connectivity index (χ3v) is 4.56. The van der Waals surface area contributed by atoms with E-state index in [2.05, 4.69) is 78.2 Å². The SMILES string of the molecule is CCCNC(Cc1ccc(I)cc1)c1cc(Cl)ccc1C. The predicted molar refractivity (Wildman–Crippen MR) is 100 cm³/mol. The third kappa shape index (κ3) is 4.97. The van der Waals surface area contributed by atoms with E-state index >= 15 is 0 Å². The lowest BCUT2D eigenvalue weighted by atomic mass is 9.95. The number of rotatable bonds is 6. The average Bonchev–Trinajstić information content (AvgIpc) is 2.48. The molecule has 0 spiro atoms. The number of nitrogens with one attached hydrogen (secondary N) is 1. The fourth-order valence-electron chi connectivity index (χ4n) is 2.45. The molecule has 112 valence electrons. The zero-order valence-corrected chi connectivity index (χ0v) is 15.4. The molecule has 1 N–H and O–H groups in total. The van der Waals surface area contributed by atoms with Gasteiger partial charge >= 0.3 is 0 Å². The van der Waals surface area contributed by atoms with Gasteiger partial charge in [-0.2, -0.15) is 0 Å². The van der Waals surface area contributed by atoms with Crippen molar-refractivity contribution in [2.24, 2.45) is 0 Å². The topological polar surface area (TPSA) is 12.0 Å². The summed E-state index contributed by atoms with van der Waals surface area (Å²) in [5.74, 6) is 0. The van der Waals surface area contributed by atoms with Gasteiger partial charge in [0.1, 0.15) is 0 Å². The van der Waals surface area contributed by atoms with Crippen LogP contribution < -0.4 is 5.32 Å². The van der Waals surface area contributed by atoms with Crippen molar-refractivity contribution in [1.82, 2.24) is 5.32 Å². The molecule has 0 bridgehead atoms. The van der Waals surface area contributed by atoms with Crippen LogP contribution in [0.4, 0.5) is 0 Å². The number of benzene rings is 2. The van der Waals surface area contributed by atoms with Crippen molar-refractivity contribution in [3.8, 4) is 0 Å². The molecule has 0 aliphatic heterocycles. The summed E-state index contributed by atoms with van der Waals surface area (Å²) in [5, 5.41) is 4.46. The van der Waals surface area contributed by atoms with E-state index < -0.39 is 0 Å². The lowest BCUT2D eigenvalue weighted by molar-refractivity contribution is 0.527. The number of hydrogen-bond acceptors (Lipinski definition) is 1. The Kier molecular flexibility index (Phi) is 6.52. The Morgan fingerprint density at radius 1 is 1.14 bits per heavy atom. The highest BCUT2D eigenvalue weighted by molar-refractivity contribution is 14.1. The van der Waals surface area contributed by atoms with Crippen LogP contribution in [0.1, 0.15) is 36.1 Å². The molecule has 0 aliphatic carbocycles. The second kappa shape index (κ2) is 8.16. The Hall–Kier alpha value is -0.580. The van der Waals surface area contributed by atoms with Gasteiger partial charge in [0.25, 0.3) is 0 Å². The van der Waals surface area contributed by atoms with Gasteiger partial charge in [0, 0.05) is 14.6 Å². The summed E-state index contributed by atoms with van der Waals surface area (Å²) >= 11 is 8.53. The molecule has 0 heterocycles. The van der Waals surface area contributed by atoms with Gasteiger partial charge in [0.05, 0.1) is 0 Å². The first-order valence-corrected chi connectivity index (χ1v) is 8.79. The first-order chi connectivity index (χ1) is 10.1. The molecular formula is C18H21ClIN. The van der Waals surface area contributed by atoms with Gasteiger partial charge in [0.15, 0.2) is 0 Å². The molecule has 3 heteroatoms. The molecule has 0 aliphatic rings. The minimum atomic E-state index is 0.309. The number of aryl methyl sites for hydroxylation is 1. The molecule has 0 amide bonds. The molecule has 0 radical (unpaired) electrons. The zero-order valence-electron chi connectivity index (χ0n) is 12.5. The van der Waals surface area contributed by atoms with E-state index in [-0.39, 0.29) is 0 Å². The van der Waals surface area contributed by atoms with E-state index in [0.717, 1.165) is 24.4 Å². The highest BCUT2D eigenvalue weighted by atomic mass is 127. The normalized spacial score (nSPS) is 12.4. The van der Waals surface area contributed by atoms with Gasteiger partial charge in [0.2, 0.25) is 0 Å². The zero-order chi connectivity index (χ0) is 15.2. The van der Waals surface area contributed by atoms with Gasteiger partial charge in [-0.25, -0.2) is 0 Å². The van der Waals surface area contributed by atoms with Crippen molar-refractivity contribution in [1.29, 1.82) is 0 Å². The molecule has 2 aromatic rings. The van der Waals surface area contributed by atoms with Crippen LogP contribution in [0.5, 0.6) is 0 Å². The van der Waals surface area contributed by atoms with Gasteiger partial charge in [-0.1, -0.05) is 36.7 Å². The van der Waals surface area contributed by atoms with E-state index in [1.54, 1.807) is 0 Å². The van der Waals surface area contributed by atoms with Gasteiger partial charge in [-0.3, -0.25) is 0 Å². The maximum atomic E-state index is 6.19. The Morgan fingerprint density at radius 2 is 1.86 bits per heavy atom. The lowest BCUT2D eigenvalue weighted by Gasteiger charge is -2.21. The van der Waals surface area contributed by atoms with Crippen LogP contribution in [0.15, 0.2) is 42.5 Å². The van der Waals surface area contributed by atoms with Crippen molar-refractivity contribution < 1.29 is 0 Å². The predicted octanol–water partition coefficient (Wildman–Crippen LogP) is 5.54. The Labute approximate surface area is 146 Å². The number of halogens is 2. The van der Waals surface area contributed by atoms with Crippen LogP contribution in [0.25, 0.3) is 0 Å². The van der Waals surface area contributed by atoms with Crippen molar-refractivity contribution in [3.05, 3.63) is 67.7 Å². The highest BCUT2D eigenvalue weighted by Gasteiger charge is 2.14. The Morgan fingerprint density at radius 3 is 2.52 bits per heavy atom. The van der Waals surface area contributed by atoms with Crippen LogP contribution in [-0.4, -0.2) is 6.54 Å². The second-order valence-corrected chi connectivity index (χ2v) is 7.02. The minimum Gasteiger partial charge on any atom is -0.310 e. The summed E-state index contributed by atoms with van der Waals surface area (Å²) in [6, 6.07) is 15.2. The van der Waals surface area contributed by atoms with E-state index in [9.17, 15) is 0 Å². The first-order valence-electron chi connectivity index (χ1n) is 7.34. The summed E-state index contributed by atoms with van der Waals surface area (Å²) < 4.78 is 1.27. The molecule has 1 unspecified atom stereocenters. The van der Waals surface area contributed by atoms with Gasteiger partial charge < -0.3 is 5.32 Å². The summed E-state index contributed by atoms with van der Waals surface area (Å²) in [6.45, 7) is 5.36. The molecule has 2 aromatic carbocycles. The van der Waals surface area contributed by atoms with Crippen molar-refractivity contribution in [2.75, 3.05) is 6.54 Å². The monoisotopic (exact) mass is 413 g/mol. The molecule has 21 heavy (non-hydrogen) atoms. The van der Waals surface area contributed by atoms with Crippen LogP contribution in [0.3, 0.4) is 0 Å². The van der Waals surface area contributed by atoms with E-state index in [1.165, 1.54) is 20.3 Å². The maximum Gasteiger partial charge on any atom is 0.0409 e. The summed E-state index contributed by atoms with van der Waals surface area (Å²) in [5.41, 5.74) is 3.94. The first kappa shape index (κ1) is 16.8. The van der Waals surface area contributed by atoms with Crippen molar-refractivity contribution >= 4 is 34.2 Å². The standard InChI is InChI=1S/C18H21ClIN/c1-3-10-21-18(11-14-5-8-16(20)9-6-14)17-12-15(19)7-4-13(17)2/h4-9,12,18,21H,3,10-11H2,1-2H3. The second-order valence-electron chi connectivity index (χ2n) is 5.34. The molecule has 0 saturated carbocycles. The van der Waals surface area contributed by atoms with E-state index in [1.807, 2.05) is 6.07 Å². The maximum absolute atomic E-state index is 6.19. The van der Waals surface area contributed by atoms with Crippen LogP contribution >= 0.6 is 34.2 Å². The van der Waals surface area contributed by atoms with Gasteiger partial charge in [-0.05, 0) is 89.9 Å². The van der Waals surface area contributed by atoms with Crippen LogP contribution in [-0.2, 0) is 6.42 Å². The highest BCUT2D eigenvalue weighted by Crippen LogP contribution is 2.25. The summed E-state index contributed by atoms with van der Waals surface area (Å²) in [7, 11) is 0. The smallest absolute Gasteiger partial charge is 0.0409 e. The molecule has 0 aromatic heterocycles. The van der Waals surface area contributed by atoms with Crippen molar-refractivity contribution in [2.45, 2.75) is 32.7 Å². The molecular weight excluding hydrogens is 393 g/mol. The molecule has 0 fully saturated rings. The van der Waals surface area contributed by atoms with Crippen LogP contribution in [0, 0.1) is 10.5 Å². The minimum absolute atomic E-state index is 0.309. The third-order valence-electron chi connectivity index (χ3n) is 3.61. The average molecular weight is 414 g/mol. The molecule has 0 saturated heterocycles. The summed E-state index contributed by atoms with van der Waals surface area (Å²) in [6.07, 6.45) is 2.11. The number of hydrogen-bond donors (Lipinski definition) is 1. The lowest BCUT2D eigenvalue weighted by Crippen LogP contribution is -2.24. The fourth-order valence-corrected chi connectivity index (χ4v) is 2.99. The van der Waals surface area contributed by atoms with E-state index in [0.29, 0.717) is 6.04 Å². The molecule has 2 rings (SSSR count). The van der Waals surface area contributed by atoms with Crippen molar-refractivity contribution in [3.63, 3.8) is 0 Å².